The van der Waals surface area contributed by atoms with Crippen LogP contribution in [0.25, 0.3) is 0 Å². The molecule has 0 aliphatic carbocycles. The summed E-state index contributed by atoms with van der Waals surface area (Å²) in [7, 11) is 0. The van der Waals surface area contributed by atoms with Crippen LogP contribution in [0.15, 0.2) is 24.3 Å². The van der Waals surface area contributed by atoms with Crippen LogP contribution in [0.2, 0.25) is 0 Å². The number of rotatable bonds is 3. The molecule has 1 saturated heterocycles. The van der Waals surface area contributed by atoms with E-state index < -0.39 is 0 Å². The molecular formula is C13H16N2O3. The van der Waals surface area contributed by atoms with Crippen molar-refractivity contribution in [2.45, 2.75) is 19.9 Å². The number of hydrogen-bond donors (Lipinski definition) is 1. The molecule has 5 heteroatoms. The molecule has 1 N–H and O–H groups in total. The van der Waals surface area contributed by atoms with Gasteiger partial charge in [0.25, 0.3) is 0 Å². The van der Waals surface area contributed by atoms with E-state index in [0.717, 1.165) is 11.3 Å². The zero-order valence-corrected chi connectivity index (χ0v) is 10.5. The van der Waals surface area contributed by atoms with E-state index >= 15 is 0 Å². The van der Waals surface area contributed by atoms with Crippen molar-refractivity contribution in [1.82, 2.24) is 5.32 Å². The van der Waals surface area contributed by atoms with Gasteiger partial charge in [-0.2, -0.15) is 0 Å². The van der Waals surface area contributed by atoms with E-state index in [0.29, 0.717) is 13.2 Å². The average molecular weight is 248 g/mol. The van der Waals surface area contributed by atoms with E-state index in [4.69, 9.17) is 4.74 Å². The van der Waals surface area contributed by atoms with Gasteiger partial charge < -0.3 is 10.1 Å². The minimum atomic E-state index is -0.320. The molecule has 1 aromatic carbocycles. The Hall–Kier alpha value is -2.04. The summed E-state index contributed by atoms with van der Waals surface area (Å²) in [6.45, 7) is 4.38. The molecule has 1 aromatic rings. The zero-order chi connectivity index (χ0) is 13.1. The van der Waals surface area contributed by atoms with Gasteiger partial charge in [-0.25, -0.2) is 4.79 Å². The molecule has 0 unspecified atom stereocenters. The lowest BCUT2D eigenvalue weighted by Gasteiger charge is -2.17. The van der Waals surface area contributed by atoms with Gasteiger partial charge in [0.15, 0.2) is 0 Å². The van der Waals surface area contributed by atoms with Gasteiger partial charge in [-0.1, -0.05) is 12.1 Å². The third kappa shape index (κ3) is 2.61. The molecule has 1 atom stereocenters. The third-order valence-electron chi connectivity index (χ3n) is 2.86. The summed E-state index contributed by atoms with van der Waals surface area (Å²) in [4.78, 5) is 24.1. The first-order valence-corrected chi connectivity index (χ1v) is 5.89. The van der Waals surface area contributed by atoms with E-state index in [-0.39, 0.29) is 18.0 Å². The van der Waals surface area contributed by atoms with Gasteiger partial charge >= 0.3 is 6.09 Å². The summed E-state index contributed by atoms with van der Waals surface area (Å²) in [5, 5.41) is 2.81. The molecule has 1 heterocycles. The first kappa shape index (κ1) is 12.4. The third-order valence-corrected chi connectivity index (χ3v) is 2.86. The second-order valence-corrected chi connectivity index (χ2v) is 4.28. The normalized spacial score (nSPS) is 16.3. The summed E-state index contributed by atoms with van der Waals surface area (Å²) in [6.07, 6.45) is -0.320. The van der Waals surface area contributed by atoms with Crippen LogP contribution in [0.3, 0.4) is 0 Å². The summed E-state index contributed by atoms with van der Waals surface area (Å²) < 4.78 is 4.90. The van der Waals surface area contributed by atoms with Gasteiger partial charge in [-0.05, 0) is 24.6 Å². The second-order valence-electron chi connectivity index (χ2n) is 4.28. The van der Waals surface area contributed by atoms with Crippen LogP contribution in [0.5, 0.6) is 0 Å². The molecule has 1 aliphatic rings. The molecule has 1 aliphatic heterocycles. The highest BCUT2D eigenvalue weighted by molar-refractivity contribution is 5.89. The molecule has 18 heavy (non-hydrogen) atoms. The SMILES string of the molecule is CC(=O)N[C@@H](C)c1cccc(N2CCOC2=O)c1. The first-order chi connectivity index (χ1) is 8.58. The Morgan fingerprint density at radius 1 is 1.50 bits per heavy atom. The minimum Gasteiger partial charge on any atom is -0.447 e. The summed E-state index contributed by atoms with van der Waals surface area (Å²) >= 11 is 0. The Morgan fingerprint density at radius 3 is 2.89 bits per heavy atom. The molecule has 0 bridgehead atoms. The van der Waals surface area contributed by atoms with Gasteiger partial charge in [-0.3, -0.25) is 9.69 Å². The number of amides is 2. The van der Waals surface area contributed by atoms with Crippen LogP contribution in [0.4, 0.5) is 10.5 Å². The predicted molar refractivity (Wildman–Crippen MR) is 67.4 cm³/mol. The van der Waals surface area contributed by atoms with Gasteiger partial charge in [-0.15, -0.1) is 0 Å². The second kappa shape index (κ2) is 5.08. The molecule has 0 aromatic heterocycles. The molecule has 0 saturated carbocycles. The fourth-order valence-electron chi connectivity index (χ4n) is 1.98. The van der Waals surface area contributed by atoms with Gasteiger partial charge in [0, 0.05) is 12.6 Å². The number of ether oxygens (including phenoxy) is 1. The average Bonchev–Trinajstić information content (AvgIpc) is 2.75. The largest absolute Gasteiger partial charge is 0.447 e. The van der Waals surface area contributed by atoms with E-state index in [2.05, 4.69) is 5.32 Å². The number of benzene rings is 1. The Morgan fingerprint density at radius 2 is 2.28 bits per heavy atom. The van der Waals surface area contributed by atoms with Crippen molar-refractivity contribution < 1.29 is 14.3 Å². The lowest BCUT2D eigenvalue weighted by atomic mass is 10.1. The fraction of sp³-hybridized carbons (Fsp3) is 0.385. The number of anilines is 1. The number of hydrogen-bond acceptors (Lipinski definition) is 3. The Labute approximate surface area is 106 Å². The molecule has 2 amide bonds. The molecule has 1 fully saturated rings. The number of nitrogens with zero attached hydrogens (tertiary/aromatic N) is 1. The molecular weight excluding hydrogens is 232 g/mol. The van der Waals surface area contributed by atoms with Crippen molar-refractivity contribution >= 4 is 17.7 Å². The molecule has 96 valence electrons. The number of carbonyl (C=O) groups is 2. The maximum absolute atomic E-state index is 11.5. The maximum atomic E-state index is 11.5. The zero-order valence-electron chi connectivity index (χ0n) is 10.5. The van der Waals surface area contributed by atoms with E-state index in [1.165, 1.54) is 6.92 Å². The van der Waals surface area contributed by atoms with Crippen LogP contribution in [-0.2, 0) is 9.53 Å². The topological polar surface area (TPSA) is 58.6 Å². The molecule has 0 radical (unpaired) electrons. The number of carbonyl (C=O) groups excluding carboxylic acids is 2. The summed E-state index contributed by atoms with van der Waals surface area (Å²) in [5.74, 6) is -0.0755. The van der Waals surface area contributed by atoms with Crippen LogP contribution in [-0.4, -0.2) is 25.2 Å². The van der Waals surface area contributed by atoms with Crippen molar-refractivity contribution in [3.8, 4) is 0 Å². The van der Waals surface area contributed by atoms with E-state index in [9.17, 15) is 9.59 Å². The quantitative estimate of drug-likeness (QED) is 0.888. The first-order valence-electron chi connectivity index (χ1n) is 5.89. The van der Waals surface area contributed by atoms with Crippen molar-refractivity contribution in [3.63, 3.8) is 0 Å². The van der Waals surface area contributed by atoms with Crippen LogP contribution in [0, 0.1) is 0 Å². The summed E-state index contributed by atoms with van der Waals surface area (Å²) in [6, 6.07) is 7.46. The van der Waals surface area contributed by atoms with Crippen LogP contribution in [0.1, 0.15) is 25.5 Å². The Kier molecular flexibility index (Phi) is 3.50. The highest BCUT2D eigenvalue weighted by atomic mass is 16.6. The molecule has 2 rings (SSSR count). The smallest absolute Gasteiger partial charge is 0.414 e. The summed E-state index contributed by atoms with van der Waals surface area (Å²) in [5.41, 5.74) is 1.76. The molecule has 0 spiro atoms. The standard InChI is InChI=1S/C13H16N2O3/c1-9(14-10(2)16)11-4-3-5-12(8-11)15-6-7-18-13(15)17/h3-5,8-9H,6-7H2,1-2H3,(H,14,16)/t9-/m0/s1. The molecule has 5 nitrogen and oxygen atoms in total. The lowest BCUT2D eigenvalue weighted by Crippen LogP contribution is -2.25. The maximum Gasteiger partial charge on any atom is 0.414 e. The minimum absolute atomic E-state index is 0.0755. The van der Waals surface area contributed by atoms with Crippen molar-refractivity contribution in [3.05, 3.63) is 29.8 Å². The van der Waals surface area contributed by atoms with Crippen LogP contribution >= 0.6 is 0 Å². The van der Waals surface area contributed by atoms with Gasteiger partial charge in [0.1, 0.15) is 6.61 Å². The number of nitrogens with one attached hydrogen (secondary N) is 1. The predicted octanol–water partition coefficient (Wildman–Crippen LogP) is 1.84. The highest BCUT2D eigenvalue weighted by Gasteiger charge is 2.23. The van der Waals surface area contributed by atoms with E-state index in [1.54, 1.807) is 4.90 Å². The van der Waals surface area contributed by atoms with Crippen LogP contribution < -0.4 is 10.2 Å². The van der Waals surface area contributed by atoms with E-state index in [1.807, 2.05) is 31.2 Å². The van der Waals surface area contributed by atoms with Crippen molar-refractivity contribution in [2.24, 2.45) is 0 Å². The fourth-order valence-corrected chi connectivity index (χ4v) is 1.98. The monoisotopic (exact) mass is 248 g/mol. The van der Waals surface area contributed by atoms with Crippen molar-refractivity contribution in [2.75, 3.05) is 18.1 Å². The van der Waals surface area contributed by atoms with Gasteiger partial charge in [0.05, 0.1) is 12.6 Å². The lowest BCUT2D eigenvalue weighted by molar-refractivity contribution is -0.119. The Bertz CT molecular complexity index is 473. The highest BCUT2D eigenvalue weighted by Crippen LogP contribution is 2.23. The van der Waals surface area contributed by atoms with Gasteiger partial charge in [0.2, 0.25) is 5.91 Å². The Balaban J connectivity index is 2.19. The van der Waals surface area contributed by atoms with Crippen molar-refractivity contribution in [1.29, 1.82) is 0 Å². The number of cyclic esters (lactones) is 1.